The number of pyridine rings is 1. The van der Waals surface area contributed by atoms with E-state index in [4.69, 9.17) is 39.5 Å². The quantitative estimate of drug-likeness (QED) is 0.236. The smallest absolute Gasteiger partial charge is 0.331 e. The van der Waals surface area contributed by atoms with Crippen LogP contribution < -0.4 is 10.2 Å². The van der Waals surface area contributed by atoms with Gasteiger partial charge in [-0.1, -0.05) is 59.1 Å². The maximum atomic E-state index is 12.8. The molecule has 4 aromatic rings. The van der Waals surface area contributed by atoms with E-state index in [0.29, 0.717) is 26.8 Å². The lowest BCUT2D eigenvalue weighted by Gasteiger charge is -2.15. The van der Waals surface area contributed by atoms with Crippen LogP contribution in [0.1, 0.15) is 0 Å². The molecule has 0 radical (unpaired) electrons. The standard InChI is InChI=1S/C21H12Cl3NO3/c22-12-9-15(23)21(16(24)10-12)28-19(26)11-25-17-7-3-1-5-13(17)20(27)14-6-2-4-8-18(14)25/h1-10H,11H2. The zero-order valence-corrected chi connectivity index (χ0v) is 16.6. The molecule has 0 fully saturated rings. The van der Waals surface area contributed by atoms with E-state index in [0.717, 1.165) is 0 Å². The highest BCUT2D eigenvalue weighted by Crippen LogP contribution is 2.36. The average Bonchev–Trinajstić information content (AvgIpc) is 2.68. The number of hydrogen-bond donors (Lipinski definition) is 0. The molecular formula is C21H12Cl3NO3. The maximum absolute atomic E-state index is 12.8. The summed E-state index contributed by atoms with van der Waals surface area (Å²) in [7, 11) is 0. The molecule has 1 aromatic heterocycles. The van der Waals surface area contributed by atoms with Crippen molar-refractivity contribution >= 4 is 62.6 Å². The van der Waals surface area contributed by atoms with Gasteiger partial charge in [-0.15, -0.1) is 0 Å². The van der Waals surface area contributed by atoms with Gasteiger partial charge >= 0.3 is 5.97 Å². The molecule has 7 heteroatoms. The highest BCUT2D eigenvalue weighted by Gasteiger charge is 2.17. The van der Waals surface area contributed by atoms with E-state index < -0.39 is 5.97 Å². The molecule has 0 saturated carbocycles. The van der Waals surface area contributed by atoms with Gasteiger partial charge < -0.3 is 9.30 Å². The average molecular weight is 433 g/mol. The zero-order valence-electron chi connectivity index (χ0n) is 14.3. The summed E-state index contributed by atoms with van der Waals surface area (Å²) >= 11 is 18.1. The Bertz CT molecular complexity index is 1210. The van der Waals surface area contributed by atoms with Gasteiger partial charge in [-0.3, -0.25) is 4.79 Å². The first-order valence-corrected chi connectivity index (χ1v) is 9.44. The number of nitrogens with zero attached hydrogens (tertiary/aromatic N) is 1. The van der Waals surface area contributed by atoms with Gasteiger partial charge in [-0.25, -0.2) is 4.79 Å². The first-order chi connectivity index (χ1) is 13.5. The molecule has 0 aliphatic carbocycles. The van der Waals surface area contributed by atoms with Crippen LogP contribution in [0.25, 0.3) is 21.8 Å². The minimum Gasteiger partial charge on any atom is -0.422 e. The molecule has 0 amide bonds. The summed E-state index contributed by atoms with van der Waals surface area (Å²) in [4.78, 5) is 25.4. The molecule has 0 saturated heterocycles. The summed E-state index contributed by atoms with van der Waals surface area (Å²) in [6.07, 6.45) is 0. The molecule has 0 N–H and O–H groups in total. The van der Waals surface area contributed by atoms with Crippen molar-refractivity contribution in [3.63, 3.8) is 0 Å². The predicted octanol–water partition coefficient (Wildman–Crippen LogP) is 5.72. The summed E-state index contributed by atoms with van der Waals surface area (Å²) < 4.78 is 7.14. The largest absolute Gasteiger partial charge is 0.422 e. The van der Waals surface area contributed by atoms with Gasteiger partial charge in [-0.05, 0) is 36.4 Å². The van der Waals surface area contributed by atoms with Gasteiger partial charge in [0, 0.05) is 15.8 Å². The van der Waals surface area contributed by atoms with Crippen LogP contribution in [-0.2, 0) is 11.3 Å². The van der Waals surface area contributed by atoms with E-state index in [2.05, 4.69) is 0 Å². The van der Waals surface area contributed by atoms with E-state index in [-0.39, 0.29) is 27.8 Å². The van der Waals surface area contributed by atoms with E-state index in [1.54, 1.807) is 41.0 Å². The number of carbonyl (C=O) groups excluding carboxylic acids is 1. The molecule has 0 unspecified atom stereocenters. The Morgan fingerprint density at radius 2 is 1.36 bits per heavy atom. The highest BCUT2D eigenvalue weighted by molar-refractivity contribution is 6.40. The van der Waals surface area contributed by atoms with Crippen molar-refractivity contribution in [2.45, 2.75) is 6.54 Å². The Kier molecular flexibility index (Phi) is 5.02. The van der Waals surface area contributed by atoms with Crippen LogP contribution in [0.5, 0.6) is 5.75 Å². The molecule has 0 aliphatic rings. The molecule has 0 atom stereocenters. The van der Waals surface area contributed by atoms with Gasteiger partial charge in [0.15, 0.2) is 11.2 Å². The first kappa shape index (κ1) is 18.8. The second-order valence-corrected chi connectivity index (χ2v) is 7.37. The lowest BCUT2D eigenvalue weighted by molar-refractivity contribution is -0.134. The zero-order chi connectivity index (χ0) is 19.8. The maximum Gasteiger partial charge on any atom is 0.331 e. The van der Waals surface area contributed by atoms with Gasteiger partial charge in [0.2, 0.25) is 0 Å². The minimum atomic E-state index is -0.579. The Balaban J connectivity index is 1.80. The van der Waals surface area contributed by atoms with Crippen molar-refractivity contribution in [1.29, 1.82) is 0 Å². The molecule has 4 nitrogen and oxygen atoms in total. The van der Waals surface area contributed by atoms with Crippen LogP contribution in [0, 0.1) is 0 Å². The second kappa shape index (κ2) is 7.47. The van der Waals surface area contributed by atoms with E-state index in [1.807, 2.05) is 12.1 Å². The third kappa shape index (κ3) is 3.35. The van der Waals surface area contributed by atoms with Crippen LogP contribution in [-0.4, -0.2) is 10.5 Å². The van der Waals surface area contributed by atoms with Crippen molar-refractivity contribution in [3.8, 4) is 5.75 Å². The number of para-hydroxylation sites is 2. The van der Waals surface area contributed by atoms with Crippen LogP contribution in [0.15, 0.2) is 65.5 Å². The molecule has 1 heterocycles. The Hall–Kier alpha value is -2.53. The van der Waals surface area contributed by atoms with Crippen molar-refractivity contribution < 1.29 is 9.53 Å². The number of esters is 1. The first-order valence-electron chi connectivity index (χ1n) is 8.31. The molecule has 140 valence electrons. The fourth-order valence-electron chi connectivity index (χ4n) is 3.15. The fourth-order valence-corrected chi connectivity index (χ4v) is 4.04. The summed E-state index contributed by atoms with van der Waals surface area (Å²) in [5.41, 5.74) is 1.19. The monoisotopic (exact) mass is 431 g/mol. The Morgan fingerprint density at radius 3 is 1.89 bits per heavy atom. The summed E-state index contributed by atoms with van der Waals surface area (Å²) in [5.74, 6) is -0.530. The van der Waals surface area contributed by atoms with Crippen molar-refractivity contribution in [2.24, 2.45) is 0 Å². The SMILES string of the molecule is O=C(Cn1c2ccccc2c(=O)c2ccccc21)Oc1c(Cl)cc(Cl)cc1Cl. The van der Waals surface area contributed by atoms with Gasteiger partial charge in [0.05, 0.1) is 21.1 Å². The van der Waals surface area contributed by atoms with E-state index in [9.17, 15) is 9.59 Å². The summed E-state index contributed by atoms with van der Waals surface area (Å²) in [6, 6.07) is 17.1. The molecule has 4 rings (SSSR count). The number of aromatic nitrogens is 1. The third-order valence-electron chi connectivity index (χ3n) is 4.35. The Labute approximate surface area is 174 Å². The molecule has 0 spiro atoms. The topological polar surface area (TPSA) is 48.3 Å². The molecule has 28 heavy (non-hydrogen) atoms. The van der Waals surface area contributed by atoms with Crippen LogP contribution in [0.4, 0.5) is 0 Å². The van der Waals surface area contributed by atoms with Crippen molar-refractivity contribution in [1.82, 2.24) is 4.57 Å². The second-order valence-electron chi connectivity index (χ2n) is 6.12. The minimum absolute atomic E-state index is 0.0485. The van der Waals surface area contributed by atoms with Crippen LogP contribution >= 0.6 is 34.8 Å². The number of benzene rings is 3. The van der Waals surface area contributed by atoms with Crippen LogP contribution in [0.3, 0.4) is 0 Å². The highest BCUT2D eigenvalue weighted by atomic mass is 35.5. The lowest BCUT2D eigenvalue weighted by atomic mass is 10.1. The third-order valence-corrected chi connectivity index (χ3v) is 5.12. The van der Waals surface area contributed by atoms with Crippen molar-refractivity contribution in [3.05, 3.63) is 86.0 Å². The summed E-state index contributed by atoms with van der Waals surface area (Å²) in [5, 5.41) is 1.67. The van der Waals surface area contributed by atoms with Gasteiger partial charge in [0.1, 0.15) is 6.54 Å². The number of rotatable bonds is 3. The lowest BCUT2D eigenvalue weighted by Crippen LogP contribution is -2.20. The number of hydrogen-bond acceptors (Lipinski definition) is 3. The normalized spacial score (nSPS) is 11.1. The number of ether oxygens (including phenoxy) is 1. The molecular weight excluding hydrogens is 421 g/mol. The molecule has 0 bridgehead atoms. The van der Waals surface area contributed by atoms with Crippen molar-refractivity contribution in [2.75, 3.05) is 0 Å². The fraction of sp³-hybridized carbons (Fsp3) is 0.0476. The van der Waals surface area contributed by atoms with Gasteiger partial charge in [0.25, 0.3) is 0 Å². The number of carbonyl (C=O) groups is 1. The summed E-state index contributed by atoms with van der Waals surface area (Å²) in [6.45, 7) is -0.128. The number of fused-ring (bicyclic) bond motifs is 2. The van der Waals surface area contributed by atoms with Gasteiger partial charge in [-0.2, -0.15) is 0 Å². The van der Waals surface area contributed by atoms with Crippen LogP contribution in [0.2, 0.25) is 15.1 Å². The molecule has 0 aliphatic heterocycles. The predicted molar refractivity (Wildman–Crippen MR) is 113 cm³/mol. The molecule has 3 aromatic carbocycles. The van der Waals surface area contributed by atoms with E-state index >= 15 is 0 Å². The van der Waals surface area contributed by atoms with E-state index in [1.165, 1.54) is 12.1 Å². The number of halogens is 3. The Morgan fingerprint density at radius 1 is 0.857 bits per heavy atom.